The second-order valence-electron chi connectivity index (χ2n) is 8.79. The monoisotopic (exact) mass is 551 g/mol. The SMILES string of the molecule is COc1cc(/C=C2\SC(=Nc3ccccc3)N(Cc3cccnc3)C2=O)ccc1OCc1ccc(C(=O)O)cc1. The van der Waals surface area contributed by atoms with Crippen molar-refractivity contribution >= 4 is 40.6 Å². The maximum absolute atomic E-state index is 13.5. The fraction of sp³-hybridized carbons (Fsp3) is 0.0968. The van der Waals surface area contributed by atoms with Gasteiger partial charge in [-0.05, 0) is 77.0 Å². The Bertz CT molecular complexity index is 1570. The molecule has 5 rings (SSSR count). The number of thioether (sulfide) groups is 1. The van der Waals surface area contributed by atoms with Crippen molar-refractivity contribution in [2.45, 2.75) is 13.2 Å². The van der Waals surface area contributed by atoms with Crippen LogP contribution in [0.25, 0.3) is 6.08 Å². The zero-order chi connectivity index (χ0) is 27.9. The molecule has 1 aliphatic rings. The first-order chi connectivity index (χ1) is 19.5. The number of aliphatic imine (C=N–C) groups is 1. The molecule has 0 spiro atoms. The quantitative estimate of drug-likeness (QED) is 0.248. The zero-order valence-corrected chi connectivity index (χ0v) is 22.4. The highest BCUT2D eigenvalue weighted by molar-refractivity contribution is 8.18. The van der Waals surface area contributed by atoms with Crippen LogP contribution in [0.2, 0.25) is 0 Å². The number of carboxylic acid groups (broad SMARTS) is 1. The maximum Gasteiger partial charge on any atom is 0.335 e. The molecule has 0 atom stereocenters. The summed E-state index contributed by atoms with van der Waals surface area (Å²) in [4.78, 5) is 35.7. The standard InChI is InChI=1S/C31H25N3O5S/c1-38-27-16-22(11-14-26(27)39-20-21-9-12-24(13-10-21)30(36)37)17-28-29(35)34(19-23-6-5-15-32-18-23)31(40-28)33-25-7-3-2-4-8-25/h2-18H,19-20H2,1H3,(H,36,37)/b28-17-,33-31?. The lowest BCUT2D eigenvalue weighted by Crippen LogP contribution is -2.28. The van der Waals surface area contributed by atoms with E-state index in [1.807, 2.05) is 60.7 Å². The van der Waals surface area contributed by atoms with E-state index in [4.69, 9.17) is 19.6 Å². The molecule has 1 N–H and O–H groups in total. The summed E-state index contributed by atoms with van der Waals surface area (Å²) in [6, 6.07) is 25.2. The van der Waals surface area contributed by atoms with E-state index >= 15 is 0 Å². The van der Waals surface area contributed by atoms with Gasteiger partial charge in [-0.1, -0.05) is 42.5 Å². The van der Waals surface area contributed by atoms with Gasteiger partial charge in [-0.2, -0.15) is 0 Å². The average Bonchev–Trinajstić information content (AvgIpc) is 3.26. The van der Waals surface area contributed by atoms with Crippen LogP contribution in [0.3, 0.4) is 0 Å². The normalized spacial score (nSPS) is 15.0. The van der Waals surface area contributed by atoms with Crippen LogP contribution >= 0.6 is 11.8 Å². The largest absolute Gasteiger partial charge is 0.493 e. The van der Waals surface area contributed by atoms with Crippen molar-refractivity contribution in [3.63, 3.8) is 0 Å². The Hall–Kier alpha value is -4.89. The number of carboxylic acids is 1. The molecule has 200 valence electrons. The van der Waals surface area contributed by atoms with Gasteiger partial charge in [0.15, 0.2) is 16.7 Å². The third-order valence-electron chi connectivity index (χ3n) is 6.01. The van der Waals surface area contributed by atoms with Gasteiger partial charge in [0.1, 0.15) is 6.61 Å². The number of amidine groups is 1. The summed E-state index contributed by atoms with van der Waals surface area (Å²) in [6.45, 7) is 0.597. The Kier molecular flexibility index (Phi) is 8.22. The number of nitrogens with zero attached hydrogens (tertiary/aromatic N) is 3. The third-order valence-corrected chi connectivity index (χ3v) is 7.02. The highest BCUT2D eigenvalue weighted by atomic mass is 32.2. The number of ether oxygens (including phenoxy) is 2. The highest BCUT2D eigenvalue weighted by Gasteiger charge is 2.33. The van der Waals surface area contributed by atoms with E-state index < -0.39 is 5.97 Å². The molecule has 9 heteroatoms. The van der Waals surface area contributed by atoms with Crippen molar-refractivity contribution < 1.29 is 24.2 Å². The van der Waals surface area contributed by atoms with E-state index in [-0.39, 0.29) is 18.1 Å². The van der Waals surface area contributed by atoms with Crippen LogP contribution < -0.4 is 9.47 Å². The summed E-state index contributed by atoms with van der Waals surface area (Å²) in [6.07, 6.45) is 5.25. The Morgan fingerprint density at radius 2 is 1.80 bits per heavy atom. The van der Waals surface area contributed by atoms with Crippen molar-refractivity contribution in [2.75, 3.05) is 7.11 Å². The summed E-state index contributed by atoms with van der Waals surface area (Å²) in [5.74, 6) is -0.0803. The number of aromatic carboxylic acids is 1. The lowest BCUT2D eigenvalue weighted by molar-refractivity contribution is -0.122. The molecule has 0 radical (unpaired) electrons. The molecule has 40 heavy (non-hydrogen) atoms. The van der Waals surface area contributed by atoms with E-state index in [1.54, 1.807) is 42.6 Å². The molecule has 8 nitrogen and oxygen atoms in total. The summed E-state index contributed by atoms with van der Waals surface area (Å²) in [7, 11) is 1.55. The Morgan fingerprint density at radius 3 is 2.50 bits per heavy atom. The predicted octanol–water partition coefficient (Wildman–Crippen LogP) is 6.17. The number of para-hydroxylation sites is 1. The zero-order valence-electron chi connectivity index (χ0n) is 21.6. The first-order valence-electron chi connectivity index (χ1n) is 12.4. The minimum Gasteiger partial charge on any atom is -0.493 e. The van der Waals surface area contributed by atoms with Crippen LogP contribution in [0, 0.1) is 0 Å². The maximum atomic E-state index is 13.5. The molecule has 1 saturated heterocycles. The van der Waals surface area contributed by atoms with Crippen LogP contribution in [0.5, 0.6) is 11.5 Å². The molecule has 0 bridgehead atoms. The summed E-state index contributed by atoms with van der Waals surface area (Å²) < 4.78 is 11.5. The number of methoxy groups -OCH3 is 1. The molecule has 1 amide bonds. The van der Waals surface area contributed by atoms with Gasteiger partial charge in [0.25, 0.3) is 5.91 Å². The van der Waals surface area contributed by atoms with Crippen LogP contribution in [0.15, 0.2) is 107 Å². The number of rotatable bonds is 9. The smallest absolute Gasteiger partial charge is 0.335 e. The second kappa shape index (κ2) is 12.3. The molecule has 1 aliphatic heterocycles. The summed E-state index contributed by atoms with van der Waals surface area (Å²) >= 11 is 1.32. The number of benzene rings is 3. The number of carbonyl (C=O) groups excluding carboxylic acids is 1. The van der Waals surface area contributed by atoms with Crippen molar-refractivity contribution in [2.24, 2.45) is 4.99 Å². The fourth-order valence-corrected chi connectivity index (χ4v) is 4.97. The number of hydrogen-bond donors (Lipinski definition) is 1. The van der Waals surface area contributed by atoms with Gasteiger partial charge < -0.3 is 14.6 Å². The Labute approximate surface area is 235 Å². The van der Waals surface area contributed by atoms with Gasteiger partial charge in [0, 0.05) is 12.4 Å². The van der Waals surface area contributed by atoms with Gasteiger partial charge >= 0.3 is 5.97 Å². The number of pyridine rings is 1. The van der Waals surface area contributed by atoms with Crippen LogP contribution in [-0.2, 0) is 17.9 Å². The lowest BCUT2D eigenvalue weighted by atomic mass is 10.1. The van der Waals surface area contributed by atoms with Crippen LogP contribution in [0.4, 0.5) is 5.69 Å². The van der Waals surface area contributed by atoms with Crippen molar-refractivity contribution in [1.82, 2.24) is 9.88 Å². The van der Waals surface area contributed by atoms with Gasteiger partial charge in [0.2, 0.25) is 0 Å². The molecule has 0 saturated carbocycles. The van der Waals surface area contributed by atoms with E-state index in [2.05, 4.69) is 4.98 Å². The molecule has 0 aliphatic carbocycles. The molecule has 0 unspecified atom stereocenters. The van der Waals surface area contributed by atoms with Crippen molar-refractivity contribution in [3.05, 3.63) is 124 Å². The topological polar surface area (TPSA) is 101 Å². The molecule has 4 aromatic rings. The molecular weight excluding hydrogens is 526 g/mol. The summed E-state index contributed by atoms with van der Waals surface area (Å²) in [5, 5.41) is 9.66. The highest BCUT2D eigenvalue weighted by Crippen LogP contribution is 2.36. The molecule has 2 heterocycles. The lowest BCUT2D eigenvalue weighted by Gasteiger charge is -2.15. The van der Waals surface area contributed by atoms with E-state index in [0.29, 0.717) is 28.1 Å². The molecule has 3 aromatic carbocycles. The van der Waals surface area contributed by atoms with Crippen LogP contribution in [-0.4, -0.2) is 39.1 Å². The van der Waals surface area contributed by atoms with Gasteiger partial charge in [-0.3, -0.25) is 14.7 Å². The van der Waals surface area contributed by atoms with E-state index in [0.717, 1.165) is 22.4 Å². The summed E-state index contributed by atoms with van der Waals surface area (Å²) in [5.41, 5.74) is 3.47. The first kappa shape index (κ1) is 26.7. The minimum absolute atomic E-state index is 0.146. The number of aromatic nitrogens is 1. The van der Waals surface area contributed by atoms with Gasteiger partial charge in [-0.15, -0.1) is 0 Å². The van der Waals surface area contributed by atoms with E-state index in [1.165, 1.54) is 23.9 Å². The molecule has 1 aromatic heterocycles. The van der Waals surface area contributed by atoms with Gasteiger partial charge in [-0.25, -0.2) is 9.79 Å². The average molecular weight is 552 g/mol. The Balaban J connectivity index is 1.37. The number of hydrogen-bond acceptors (Lipinski definition) is 7. The van der Waals surface area contributed by atoms with Crippen molar-refractivity contribution in [3.8, 4) is 11.5 Å². The Morgan fingerprint density at radius 1 is 1.00 bits per heavy atom. The van der Waals surface area contributed by atoms with Crippen molar-refractivity contribution in [1.29, 1.82) is 0 Å². The number of amides is 1. The van der Waals surface area contributed by atoms with Crippen LogP contribution in [0.1, 0.15) is 27.0 Å². The van der Waals surface area contributed by atoms with Gasteiger partial charge in [0.05, 0.1) is 29.8 Å². The second-order valence-corrected chi connectivity index (χ2v) is 9.80. The third kappa shape index (κ3) is 6.39. The minimum atomic E-state index is -0.976. The van der Waals surface area contributed by atoms with E-state index in [9.17, 15) is 9.59 Å². The molecule has 1 fully saturated rings. The fourth-order valence-electron chi connectivity index (χ4n) is 3.97. The number of carbonyl (C=O) groups is 2. The first-order valence-corrected chi connectivity index (χ1v) is 13.2. The molecular formula is C31H25N3O5S. The predicted molar refractivity (Wildman–Crippen MR) is 155 cm³/mol.